The van der Waals surface area contributed by atoms with Crippen LogP contribution in [0, 0.1) is 12.8 Å². The highest BCUT2D eigenvalue weighted by atomic mass is 15.1. The molecule has 3 atom stereocenters. The number of aryl methyl sites for hydroxylation is 1. The fourth-order valence-corrected chi connectivity index (χ4v) is 10.5. The molecule has 1 nitrogen and oxygen atoms in total. The molecule has 0 amide bonds. The van der Waals surface area contributed by atoms with E-state index in [1.54, 1.807) is 11.1 Å². The van der Waals surface area contributed by atoms with Gasteiger partial charge in [0.2, 0.25) is 0 Å². The van der Waals surface area contributed by atoms with Gasteiger partial charge in [0.15, 0.2) is 0 Å². The third kappa shape index (κ3) is 4.44. The molecule has 0 heterocycles. The summed E-state index contributed by atoms with van der Waals surface area (Å²) in [7, 11) is 0. The molecule has 2 bridgehead atoms. The zero-order valence-electron chi connectivity index (χ0n) is 30.3. The van der Waals surface area contributed by atoms with Crippen molar-refractivity contribution in [2.24, 2.45) is 5.92 Å². The van der Waals surface area contributed by atoms with Crippen LogP contribution in [0.15, 0.2) is 163 Å². The zero-order valence-corrected chi connectivity index (χ0v) is 30.3. The Morgan fingerprint density at radius 2 is 1.15 bits per heavy atom. The van der Waals surface area contributed by atoms with Gasteiger partial charge in [-0.05, 0) is 142 Å². The van der Waals surface area contributed by atoms with Crippen molar-refractivity contribution in [1.29, 1.82) is 0 Å². The van der Waals surface area contributed by atoms with Gasteiger partial charge in [-0.25, -0.2) is 0 Å². The first-order chi connectivity index (χ1) is 26.1. The summed E-state index contributed by atoms with van der Waals surface area (Å²) < 4.78 is 0. The zero-order chi connectivity index (χ0) is 35.3. The Bertz CT molecular complexity index is 2630. The summed E-state index contributed by atoms with van der Waals surface area (Å²) in [5, 5.41) is 0. The van der Waals surface area contributed by atoms with E-state index in [2.05, 4.69) is 183 Å². The van der Waals surface area contributed by atoms with E-state index >= 15 is 0 Å². The highest BCUT2D eigenvalue weighted by Crippen LogP contribution is 2.64. The Balaban J connectivity index is 1.19. The van der Waals surface area contributed by atoms with E-state index in [4.69, 9.17) is 0 Å². The summed E-state index contributed by atoms with van der Waals surface area (Å²) in [5.41, 5.74) is 22.4. The minimum atomic E-state index is -0.418. The maximum absolute atomic E-state index is 2.60. The molecule has 7 aromatic rings. The summed E-state index contributed by atoms with van der Waals surface area (Å²) in [5.74, 6) is 1.36. The van der Waals surface area contributed by atoms with Crippen LogP contribution in [0.5, 0.6) is 0 Å². The van der Waals surface area contributed by atoms with Gasteiger partial charge in [0.25, 0.3) is 0 Å². The summed E-state index contributed by atoms with van der Waals surface area (Å²) in [6.45, 7) is 4.60. The monoisotopic (exact) mass is 679 g/mol. The van der Waals surface area contributed by atoms with Gasteiger partial charge in [0, 0.05) is 16.9 Å². The van der Waals surface area contributed by atoms with Gasteiger partial charge in [-0.15, -0.1) is 0 Å². The van der Waals surface area contributed by atoms with Crippen LogP contribution in [-0.4, -0.2) is 0 Å². The molecular formula is C52H41N. The normalized spacial score (nSPS) is 19.8. The van der Waals surface area contributed by atoms with Crippen molar-refractivity contribution >= 4 is 23.1 Å². The van der Waals surface area contributed by atoms with Gasteiger partial charge in [-0.1, -0.05) is 139 Å². The third-order valence-electron chi connectivity index (χ3n) is 12.7. The van der Waals surface area contributed by atoms with E-state index in [0.717, 1.165) is 17.3 Å². The lowest BCUT2D eigenvalue weighted by molar-refractivity contribution is 0.404. The molecule has 254 valence electrons. The molecule has 4 aliphatic rings. The SMILES string of the molecule is Cc1ccc(N(c2ccc3c(c2)C2(c4ccccc4-3)c3ccccc3-c3cc4c(cc32)C=C2CC(C)CC4C2)c2ccccc2-c2ccccc2)cc1. The average molecular weight is 680 g/mol. The standard InChI is InChI=1S/C52H41N/c1-33-20-22-39(23-21-33)53(51-19-11-8-14-41(51)36-12-4-3-5-13-36)40-24-25-44-42-15-6-9-17-47(42)52(50(44)31-40)48-18-10-7-16-43(48)46-32-45-37-27-34(2)26-35(28-37)29-38(45)30-49(46)52/h3-25,29-32,34,37H,26-28H2,1-2H3. The van der Waals surface area contributed by atoms with Crippen molar-refractivity contribution in [2.75, 3.05) is 4.90 Å². The first kappa shape index (κ1) is 30.7. The van der Waals surface area contributed by atoms with Gasteiger partial charge >= 0.3 is 0 Å². The first-order valence-corrected chi connectivity index (χ1v) is 19.3. The molecular weight excluding hydrogens is 639 g/mol. The highest BCUT2D eigenvalue weighted by molar-refractivity contribution is 5.98. The van der Waals surface area contributed by atoms with Crippen molar-refractivity contribution < 1.29 is 0 Å². The molecule has 0 radical (unpaired) electrons. The number of allylic oxidation sites excluding steroid dienone is 1. The van der Waals surface area contributed by atoms with Crippen LogP contribution in [0.1, 0.15) is 71.0 Å². The molecule has 1 spiro atoms. The minimum absolute atomic E-state index is 0.418. The first-order valence-electron chi connectivity index (χ1n) is 19.3. The van der Waals surface area contributed by atoms with Crippen molar-refractivity contribution in [3.8, 4) is 33.4 Å². The fourth-order valence-electron chi connectivity index (χ4n) is 10.5. The van der Waals surface area contributed by atoms with Crippen LogP contribution < -0.4 is 4.90 Å². The number of fused-ring (bicyclic) bond motifs is 14. The van der Waals surface area contributed by atoms with Gasteiger partial charge in [-0.2, -0.15) is 0 Å². The van der Waals surface area contributed by atoms with E-state index < -0.39 is 5.41 Å². The lowest BCUT2D eigenvalue weighted by Crippen LogP contribution is -2.27. The molecule has 4 aliphatic carbocycles. The maximum atomic E-state index is 2.60. The summed E-state index contributed by atoms with van der Waals surface area (Å²) in [6, 6.07) is 59.6. The van der Waals surface area contributed by atoms with E-state index in [0.29, 0.717) is 5.92 Å². The quantitative estimate of drug-likeness (QED) is 0.179. The van der Waals surface area contributed by atoms with E-state index in [-0.39, 0.29) is 0 Å². The highest BCUT2D eigenvalue weighted by Gasteiger charge is 2.52. The second-order valence-electron chi connectivity index (χ2n) is 15.9. The number of benzene rings is 7. The third-order valence-corrected chi connectivity index (χ3v) is 12.7. The molecule has 0 aromatic heterocycles. The van der Waals surface area contributed by atoms with Crippen molar-refractivity contribution in [3.05, 3.63) is 202 Å². The fraction of sp³-hybridized carbons (Fsp3) is 0.154. The predicted octanol–water partition coefficient (Wildman–Crippen LogP) is 13.8. The smallest absolute Gasteiger partial charge is 0.0726 e. The van der Waals surface area contributed by atoms with Crippen LogP contribution in [0.4, 0.5) is 17.1 Å². The molecule has 1 fully saturated rings. The molecule has 0 N–H and O–H groups in total. The molecule has 11 rings (SSSR count). The Hall–Kier alpha value is -5.92. The van der Waals surface area contributed by atoms with Crippen LogP contribution in [0.25, 0.3) is 39.5 Å². The number of para-hydroxylation sites is 1. The lowest BCUT2D eigenvalue weighted by Gasteiger charge is -2.36. The van der Waals surface area contributed by atoms with Crippen LogP contribution in [-0.2, 0) is 5.41 Å². The van der Waals surface area contributed by atoms with Crippen LogP contribution >= 0.6 is 0 Å². The van der Waals surface area contributed by atoms with Crippen molar-refractivity contribution in [3.63, 3.8) is 0 Å². The molecule has 1 heteroatoms. The summed E-state index contributed by atoms with van der Waals surface area (Å²) in [4.78, 5) is 2.47. The van der Waals surface area contributed by atoms with E-state index in [1.165, 1.54) is 91.7 Å². The molecule has 0 aliphatic heterocycles. The Morgan fingerprint density at radius 3 is 1.92 bits per heavy atom. The topological polar surface area (TPSA) is 3.24 Å². The maximum Gasteiger partial charge on any atom is 0.0726 e. The van der Waals surface area contributed by atoms with E-state index in [1.807, 2.05) is 0 Å². The lowest BCUT2D eigenvalue weighted by atomic mass is 9.67. The van der Waals surface area contributed by atoms with Gasteiger partial charge in [0.05, 0.1) is 11.1 Å². The average Bonchev–Trinajstić information content (AvgIpc) is 3.65. The van der Waals surface area contributed by atoms with Crippen LogP contribution in [0.3, 0.4) is 0 Å². The second kappa shape index (κ2) is 11.5. The number of hydrogen-bond acceptors (Lipinski definition) is 1. The van der Waals surface area contributed by atoms with E-state index in [9.17, 15) is 0 Å². The Kier molecular flexibility index (Phi) is 6.68. The molecule has 0 saturated heterocycles. The summed E-state index contributed by atoms with van der Waals surface area (Å²) >= 11 is 0. The number of rotatable bonds is 4. The second-order valence-corrected chi connectivity index (χ2v) is 15.9. The number of anilines is 3. The van der Waals surface area contributed by atoms with Gasteiger partial charge < -0.3 is 4.90 Å². The van der Waals surface area contributed by atoms with Crippen molar-refractivity contribution in [1.82, 2.24) is 0 Å². The predicted molar refractivity (Wildman–Crippen MR) is 221 cm³/mol. The van der Waals surface area contributed by atoms with Crippen LogP contribution in [0.2, 0.25) is 0 Å². The van der Waals surface area contributed by atoms with Crippen molar-refractivity contribution in [2.45, 2.75) is 44.4 Å². The minimum Gasteiger partial charge on any atom is -0.310 e. The number of nitrogens with zero attached hydrogens (tertiary/aromatic N) is 1. The Labute approximate surface area is 312 Å². The number of hydrogen-bond donors (Lipinski definition) is 0. The Morgan fingerprint density at radius 1 is 0.528 bits per heavy atom. The van der Waals surface area contributed by atoms with Gasteiger partial charge in [0.1, 0.15) is 0 Å². The summed E-state index contributed by atoms with van der Waals surface area (Å²) in [6.07, 6.45) is 6.28. The largest absolute Gasteiger partial charge is 0.310 e. The molecule has 1 saturated carbocycles. The molecule has 7 aromatic carbocycles. The molecule has 53 heavy (non-hydrogen) atoms. The molecule has 3 unspecified atom stereocenters. The van der Waals surface area contributed by atoms with Gasteiger partial charge in [-0.3, -0.25) is 0 Å².